The molecule has 0 aliphatic carbocycles. The van der Waals surface area contributed by atoms with E-state index in [-0.39, 0.29) is 22.5 Å². The van der Waals surface area contributed by atoms with Crippen LogP contribution in [0.4, 0.5) is 15.8 Å². The topological polar surface area (TPSA) is 84.2 Å². The Morgan fingerprint density at radius 1 is 1.44 bits per heavy atom. The van der Waals surface area contributed by atoms with Crippen LogP contribution in [0.2, 0.25) is 0 Å². The van der Waals surface area contributed by atoms with Gasteiger partial charge in [0, 0.05) is 19.2 Å². The number of anilines is 2. The van der Waals surface area contributed by atoms with Gasteiger partial charge in [-0.3, -0.25) is 0 Å². The van der Waals surface area contributed by atoms with E-state index >= 15 is 0 Å². The molecular weight excluding hydrogens is 325 g/mol. The van der Waals surface area contributed by atoms with Crippen LogP contribution >= 0.6 is 15.9 Å². The highest BCUT2D eigenvalue weighted by atomic mass is 79.9. The first-order chi connectivity index (χ1) is 8.35. The van der Waals surface area contributed by atoms with Gasteiger partial charge in [-0.25, -0.2) is 17.5 Å². The third-order valence-electron chi connectivity index (χ3n) is 2.14. The van der Waals surface area contributed by atoms with Crippen molar-refractivity contribution in [2.45, 2.75) is 6.92 Å². The van der Waals surface area contributed by atoms with Crippen molar-refractivity contribution in [3.05, 3.63) is 22.4 Å². The van der Waals surface area contributed by atoms with E-state index in [9.17, 15) is 12.8 Å². The quantitative estimate of drug-likeness (QED) is 0.686. The Kier molecular flexibility index (Phi) is 5.36. The maximum absolute atomic E-state index is 13.1. The second-order valence-corrected chi connectivity index (χ2v) is 6.38. The molecule has 0 radical (unpaired) electrons. The third-order valence-corrected chi connectivity index (χ3v) is 4.22. The standard InChI is InChI=1S/C10H15BrFN3O2S/c1-2-15-18(16,17)4-3-14-10-5-7(11)8(12)6-9(10)13/h5-6,14-15H,2-4,13H2,1H3. The van der Waals surface area contributed by atoms with Crippen LogP contribution < -0.4 is 15.8 Å². The summed E-state index contributed by atoms with van der Waals surface area (Å²) in [5.41, 5.74) is 6.34. The zero-order valence-corrected chi connectivity index (χ0v) is 12.2. The van der Waals surface area contributed by atoms with Gasteiger partial charge in [0.2, 0.25) is 10.0 Å². The smallest absolute Gasteiger partial charge is 0.213 e. The van der Waals surface area contributed by atoms with Crippen LogP contribution in [0.25, 0.3) is 0 Å². The summed E-state index contributed by atoms with van der Waals surface area (Å²) >= 11 is 3.04. The van der Waals surface area contributed by atoms with Gasteiger partial charge in [0.05, 0.1) is 21.6 Å². The Hall–Kier alpha value is -0.860. The van der Waals surface area contributed by atoms with Gasteiger partial charge >= 0.3 is 0 Å². The SMILES string of the molecule is CCNS(=O)(=O)CCNc1cc(Br)c(F)cc1N. The van der Waals surface area contributed by atoms with Crippen LogP contribution in [-0.4, -0.2) is 27.3 Å². The van der Waals surface area contributed by atoms with Gasteiger partial charge in [0.1, 0.15) is 5.82 Å². The molecule has 0 unspecified atom stereocenters. The van der Waals surface area contributed by atoms with Crippen LogP contribution in [0.1, 0.15) is 6.92 Å². The lowest BCUT2D eigenvalue weighted by Crippen LogP contribution is -2.29. The van der Waals surface area contributed by atoms with Crippen LogP contribution in [0.5, 0.6) is 0 Å². The first-order valence-corrected chi connectivity index (χ1v) is 7.76. The minimum atomic E-state index is -3.27. The van der Waals surface area contributed by atoms with Crippen molar-refractivity contribution < 1.29 is 12.8 Å². The second kappa shape index (κ2) is 6.35. The number of sulfonamides is 1. The van der Waals surface area contributed by atoms with Crippen molar-refractivity contribution in [1.29, 1.82) is 0 Å². The molecule has 0 heterocycles. The lowest BCUT2D eigenvalue weighted by Gasteiger charge is -2.10. The predicted molar refractivity (Wildman–Crippen MR) is 74.5 cm³/mol. The highest BCUT2D eigenvalue weighted by Crippen LogP contribution is 2.26. The van der Waals surface area contributed by atoms with Crippen LogP contribution in [0, 0.1) is 5.82 Å². The molecule has 0 fully saturated rings. The van der Waals surface area contributed by atoms with Crippen molar-refractivity contribution in [3.8, 4) is 0 Å². The fraction of sp³-hybridized carbons (Fsp3) is 0.400. The Bertz CT molecular complexity index is 522. The first kappa shape index (κ1) is 15.2. The van der Waals surface area contributed by atoms with Crippen LogP contribution in [0.15, 0.2) is 16.6 Å². The molecule has 1 aromatic carbocycles. The number of benzene rings is 1. The van der Waals surface area contributed by atoms with Crippen molar-refractivity contribution in [2.24, 2.45) is 0 Å². The number of hydrogen-bond donors (Lipinski definition) is 3. The minimum Gasteiger partial charge on any atom is -0.397 e. The predicted octanol–water partition coefficient (Wildman–Crippen LogP) is 1.52. The maximum Gasteiger partial charge on any atom is 0.213 e. The molecule has 18 heavy (non-hydrogen) atoms. The largest absolute Gasteiger partial charge is 0.397 e. The summed E-state index contributed by atoms with van der Waals surface area (Å²) in [5.74, 6) is -0.534. The van der Waals surface area contributed by atoms with E-state index in [1.807, 2.05) is 0 Å². The normalized spacial score (nSPS) is 11.5. The van der Waals surface area contributed by atoms with Crippen molar-refractivity contribution in [1.82, 2.24) is 4.72 Å². The minimum absolute atomic E-state index is 0.0741. The molecule has 0 spiro atoms. The van der Waals surface area contributed by atoms with Gasteiger partial charge in [0.25, 0.3) is 0 Å². The molecule has 102 valence electrons. The second-order valence-electron chi connectivity index (χ2n) is 3.60. The van der Waals surface area contributed by atoms with E-state index < -0.39 is 15.8 Å². The molecule has 0 saturated carbocycles. The number of nitrogens with one attached hydrogen (secondary N) is 2. The Labute approximate surface area is 114 Å². The van der Waals surface area contributed by atoms with Gasteiger partial charge in [-0.05, 0) is 22.0 Å². The van der Waals surface area contributed by atoms with Crippen molar-refractivity contribution in [2.75, 3.05) is 29.9 Å². The Morgan fingerprint density at radius 2 is 2.11 bits per heavy atom. The number of rotatable bonds is 6. The van der Waals surface area contributed by atoms with Gasteiger partial charge in [-0.2, -0.15) is 0 Å². The first-order valence-electron chi connectivity index (χ1n) is 5.31. The van der Waals surface area contributed by atoms with E-state index in [4.69, 9.17) is 5.73 Å². The highest BCUT2D eigenvalue weighted by Gasteiger charge is 2.09. The molecule has 5 nitrogen and oxygen atoms in total. The average Bonchev–Trinajstić information content (AvgIpc) is 2.25. The van der Waals surface area contributed by atoms with E-state index in [2.05, 4.69) is 26.0 Å². The summed E-state index contributed by atoms with van der Waals surface area (Å²) in [7, 11) is -3.27. The Morgan fingerprint density at radius 3 is 2.72 bits per heavy atom. The molecule has 0 amide bonds. The summed E-state index contributed by atoms with van der Waals surface area (Å²) in [6, 6.07) is 2.65. The molecule has 4 N–H and O–H groups in total. The zero-order chi connectivity index (χ0) is 13.8. The van der Waals surface area contributed by atoms with Gasteiger partial charge in [-0.15, -0.1) is 0 Å². The molecular formula is C10H15BrFN3O2S. The fourth-order valence-corrected chi connectivity index (χ4v) is 2.63. The number of nitrogens with two attached hydrogens (primary N) is 1. The van der Waals surface area contributed by atoms with Crippen molar-refractivity contribution >= 4 is 37.3 Å². The Balaban J connectivity index is 2.62. The maximum atomic E-state index is 13.1. The zero-order valence-electron chi connectivity index (χ0n) is 9.83. The average molecular weight is 340 g/mol. The lowest BCUT2D eigenvalue weighted by molar-refractivity contribution is 0.584. The molecule has 1 aromatic rings. The molecule has 0 aromatic heterocycles. The van der Waals surface area contributed by atoms with E-state index in [1.54, 1.807) is 6.92 Å². The molecule has 8 heteroatoms. The van der Waals surface area contributed by atoms with Gasteiger partial charge in [0.15, 0.2) is 0 Å². The van der Waals surface area contributed by atoms with Crippen LogP contribution in [-0.2, 0) is 10.0 Å². The van der Waals surface area contributed by atoms with E-state index in [0.29, 0.717) is 12.2 Å². The molecule has 0 aliphatic rings. The van der Waals surface area contributed by atoms with E-state index in [1.165, 1.54) is 12.1 Å². The highest BCUT2D eigenvalue weighted by molar-refractivity contribution is 9.10. The number of halogens is 2. The monoisotopic (exact) mass is 339 g/mol. The lowest BCUT2D eigenvalue weighted by atomic mass is 10.2. The van der Waals surface area contributed by atoms with Crippen molar-refractivity contribution in [3.63, 3.8) is 0 Å². The summed E-state index contributed by atoms with van der Waals surface area (Å²) in [4.78, 5) is 0. The third kappa shape index (κ3) is 4.43. The molecule has 0 aliphatic heterocycles. The van der Waals surface area contributed by atoms with Crippen LogP contribution in [0.3, 0.4) is 0 Å². The van der Waals surface area contributed by atoms with Gasteiger partial charge < -0.3 is 11.1 Å². The summed E-state index contributed by atoms with van der Waals surface area (Å²) in [6.45, 7) is 2.25. The summed E-state index contributed by atoms with van der Waals surface area (Å²) in [5, 5.41) is 2.85. The number of hydrogen-bond acceptors (Lipinski definition) is 4. The molecule has 0 atom stereocenters. The molecule has 0 saturated heterocycles. The summed E-state index contributed by atoms with van der Waals surface area (Å²) < 4.78 is 38.5. The molecule has 1 rings (SSSR count). The van der Waals surface area contributed by atoms with Gasteiger partial charge in [-0.1, -0.05) is 6.92 Å². The molecule has 0 bridgehead atoms. The van der Waals surface area contributed by atoms with E-state index in [0.717, 1.165) is 0 Å². The summed E-state index contributed by atoms with van der Waals surface area (Å²) in [6.07, 6.45) is 0. The number of nitrogen functional groups attached to an aromatic ring is 1. The fourth-order valence-electron chi connectivity index (χ4n) is 1.33.